The first-order chi connectivity index (χ1) is 9.62. The number of nitrogens with zero attached hydrogens (tertiary/aromatic N) is 1. The summed E-state index contributed by atoms with van der Waals surface area (Å²) in [4.78, 5) is 1.04. The molecule has 0 bridgehead atoms. The Kier molecular flexibility index (Phi) is 5.98. The first-order valence-corrected chi connectivity index (χ1v) is 9.41. The summed E-state index contributed by atoms with van der Waals surface area (Å²) in [5, 5.41) is 5.29. The minimum Gasteiger partial charge on any atom is -0.317 e. The Hall–Kier alpha value is -0.470. The van der Waals surface area contributed by atoms with Crippen LogP contribution in [0.2, 0.25) is 0 Å². The van der Waals surface area contributed by atoms with Gasteiger partial charge in [-0.25, -0.2) is 0 Å². The van der Waals surface area contributed by atoms with Crippen molar-refractivity contribution >= 4 is 21.5 Å². The van der Waals surface area contributed by atoms with Gasteiger partial charge in [-0.1, -0.05) is 13.0 Å². The number of rotatable bonds is 7. The van der Waals surface area contributed by atoms with Gasteiger partial charge in [-0.2, -0.15) is 17.4 Å². The maximum absolute atomic E-state index is 12.2. The third-order valence-corrected chi connectivity index (χ3v) is 6.04. The minimum atomic E-state index is -3.33. The number of hydrogen-bond acceptors (Lipinski definition) is 4. The summed E-state index contributed by atoms with van der Waals surface area (Å²) < 4.78 is 28.7. The van der Waals surface area contributed by atoms with E-state index in [2.05, 4.69) is 17.0 Å². The Bertz CT molecular complexity index is 480. The first kappa shape index (κ1) is 15.9. The van der Waals surface area contributed by atoms with Crippen LogP contribution in [-0.4, -0.2) is 38.9 Å². The number of hydrogen-bond donors (Lipinski definition) is 2. The predicted molar refractivity (Wildman–Crippen MR) is 82.9 cm³/mol. The van der Waals surface area contributed by atoms with Crippen LogP contribution in [0.5, 0.6) is 0 Å². The fourth-order valence-corrected chi connectivity index (χ4v) is 4.32. The lowest BCUT2D eigenvalue weighted by molar-refractivity contribution is 0.266. The largest absolute Gasteiger partial charge is 0.317 e. The average molecular weight is 317 g/mol. The third kappa shape index (κ3) is 4.53. The molecule has 0 spiro atoms. The van der Waals surface area contributed by atoms with Gasteiger partial charge < -0.3 is 5.32 Å². The van der Waals surface area contributed by atoms with Crippen LogP contribution in [0.1, 0.15) is 24.6 Å². The van der Waals surface area contributed by atoms with E-state index in [4.69, 9.17) is 0 Å². The molecule has 0 aromatic carbocycles. The topological polar surface area (TPSA) is 61.4 Å². The molecule has 0 unspecified atom stereocenters. The van der Waals surface area contributed by atoms with Gasteiger partial charge in [0.25, 0.3) is 10.2 Å². The molecule has 0 amide bonds. The molecule has 0 aliphatic carbocycles. The van der Waals surface area contributed by atoms with Gasteiger partial charge in [-0.05, 0) is 43.3 Å². The summed E-state index contributed by atoms with van der Waals surface area (Å²) in [7, 11) is -3.33. The normalized spacial score (nSPS) is 18.4. The van der Waals surface area contributed by atoms with Gasteiger partial charge in [0.05, 0.1) is 0 Å². The molecule has 2 rings (SSSR count). The summed E-state index contributed by atoms with van der Waals surface area (Å²) in [6, 6.07) is 3.87. The Morgan fingerprint density at radius 2 is 2.15 bits per heavy atom. The summed E-state index contributed by atoms with van der Waals surface area (Å²) in [5.41, 5.74) is 0. The van der Waals surface area contributed by atoms with Gasteiger partial charge in [-0.3, -0.25) is 0 Å². The van der Waals surface area contributed by atoms with Crippen molar-refractivity contribution in [1.82, 2.24) is 14.3 Å². The maximum atomic E-state index is 12.2. The van der Waals surface area contributed by atoms with Gasteiger partial charge in [0, 0.05) is 24.5 Å². The van der Waals surface area contributed by atoms with E-state index >= 15 is 0 Å². The molecule has 0 atom stereocenters. The van der Waals surface area contributed by atoms with Crippen molar-refractivity contribution in [3.8, 4) is 0 Å². The molecule has 1 aliphatic heterocycles. The van der Waals surface area contributed by atoms with E-state index in [1.165, 1.54) is 0 Å². The molecule has 114 valence electrons. The van der Waals surface area contributed by atoms with Gasteiger partial charge >= 0.3 is 0 Å². The van der Waals surface area contributed by atoms with Crippen molar-refractivity contribution in [2.75, 3.05) is 26.2 Å². The van der Waals surface area contributed by atoms with E-state index in [1.807, 2.05) is 17.5 Å². The fraction of sp³-hybridized carbons (Fsp3) is 0.692. The second-order valence-electron chi connectivity index (χ2n) is 5.06. The van der Waals surface area contributed by atoms with Crippen molar-refractivity contribution in [2.24, 2.45) is 5.92 Å². The molecule has 1 aromatic heterocycles. The second kappa shape index (κ2) is 7.51. The summed E-state index contributed by atoms with van der Waals surface area (Å²) in [6.07, 6.45) is 1.87. The highest BCUT2D eigenvalue weighted by Gasteiger charge is 2.27. The highest BCUT2D eigenvalue weighted by molar-refractivity contribution is 7.87. The van der Waals surface area contributed by atoms with E-state index in [0.29, 0.717) is 25.6 Å². The summed E-state index contributed by atoms with van der Waals surface area (Å²) in [5.74, 6) is 0.596. The zero-order chi connectivity index (χ0) is 14.4. The van der Waals surface area contributed by atoms with E-state index in [0.717, 1.165) is 30.8 Å². The Balaban J connectivity index is 1.79. The lowest BCUT2D eigenvalue weighted by atomic mass is 9.98. The highest BCUT2D eigenvalue weighted by atomic mass is 32.2. The maximum Gasteiger partial charge on any atom is 0.279 e. The highest BCUT2D eigenvalue weighted by Crippen LogP contribution is 2.18. The van der Waals surface area contributed by atoms with Gasteiger partial charge in [0.2, 0.25) is 0 Å². The molecule has 0 saturated carbocycles. The SMILES string of the molecule is CCNCC1CCN(S(=O)(=O)NCc2cccs2)CC1. The molecule has 0 radical (unpaired) electrons. The molecule has 7 heteroatoms. The van der Waals surface area contributed by atoms with Crippen molar-refractivity contribution in [3.05, 3.63) is 22.4 Å². The number of nitrogens with one attached hydrogen (secondary N) is 2. The molecular formula is C13H23N3O2S2. The number of thiophene rings is 1. The van der Waals surface area contributed by atoms with Crippen molar-refractivity contribution < 1.29 is 8.42 Å². The third-order valence-electron chi connectivity index (χ3n) is 3.61. The van der Waals surface area contributed by atoms with Crippen LogP contribution in [0, 0.1) is 5.92 Å². The van der Waals surface area contributed by atoms with Crippen LogP contribution in [0.3, 0.4) is 0 Å². The van der Waals surface area contributed by atoms with Crippen molar-refractivity contribution in [2.45, 2.75) is 26.3 Å². The van der Waals surface area contributed by atoms with E-state index in [1.54, 1.807) is 15.6 Å². The summed E-state index contributed by atoms with van der Waals surface area (Å²) in [6.45, 7) is 5.69. The quantitative estimate of drug-likeness (QED) is 0.799. The molecule has 1 aliphatic rings. The second-order valence-corrected chi connectivity index (χ2v) is 7.84. The van der Waals surface area contributed by atoms with Gasteiger partial charge in [0.15, 0.2) is 0 Å². The molecule has 2 heterocycles. The molecule has 1 aromatic rings. The van der Waals surface area contributed by atoms with Crippen LogP contribution < -0.4 is 10.0 Å². The van der Waals surface area contributed by atoms with E-state index in [-0.39, 0.29) is 0 Å². The lowest BCUT2D eigenvalue weighted by Gasteiger charge is -2.31. The van der Waals surface area contributed by atoms with Gasteiger partial charge in [-0.15, -0.1) is 11.3 Å². The van der Waals surface area contributed by atoms with Crippen LogP contribution in [-0.2, 0) is 16.8 Å². The van der Waals surface area contributed by atoms with Crippen LogP contribution in [0.4, 0.5) is 0 Å². The van der Waals surface area contributed by atoms with Crippen molar-refractivity contribution in [1.29, 1.82) is 0 Å². The molecule has 1 fully saturated rings. The molecule has 2 N–H and O–H groups in total. The predicted octanol–water partition coefficient (Wildman–Crippen LogP) is 1.40. The zero-order valence-corrected chi connectivity index (χ0v) is 13.5. The van der Waals surface area contributed by atoms with E-state index < -0.39 is 10.2 Å². The fourth-order valence-electron chi connectivity index (χ4n) is 2.37. The average Bonchev–Trinajstić information content (AvgIpc) is 2.97. The zero-order valence-electron chi connectivity index (χ0n) is 11.8. The Labute approximate surface area is 125 Å². The van der Waals surface area contributed by atoms with E-state index in [9.17, 15) is 8.42 Å². The first-order valence-electron chi connectivity index (χ1n) is 7.09. The molecule has 5 nitrogen and oxygen atoms in total. The summed E-state index contributed by atoms with van der Waals surface area (Å²) >= 11 is 1.57. The van der Waals surface area contributed by atoms with Gasteiger partial charge in [0.1, 0.15) is 0 Å². The molecular weight excluding hydrogens is 294 g/mol. The molecule has 20 heavy (non-hydrogen) atoms. The monoisotopic (exact) mass is 317 g/mol. The smallest absolute Gasteiger partial charge is 0.279 e. The lowest BCUT2D eigenvalue weighted by Crippen LogP contribution is -2.45. The minimum absolute atomic E-state index is 0.386. The van der Waals surface area contributed by atoms with Crippen molar-refractivity contribution in [3.63, 3.8) is 0 Å². The standard InChI is InChI=1S/C13H23N3O2S2/c1-2-14-10-12-5-7-16(8-6-12)20(17,18)15-11-13-4-3-9-19-13/h3-4,9,12,14-15H,2,5-8,10-11H2,1H3. The van der Waals surface area contributed by atoms with Crippen LogP contribution in [0.15, 0.2) is 17.5 Å². The Morgan fingerprint density at radius 1 is 1.40 bits per heavy atom. The Morgan fingerprint density at radius 3 is 2.75 bits per heavy atom. The van der Waals surface area contributed by atoms with Crippen LogP contribution >= 0.6 is 11.3 Å². The number of piperidine rings is 1. The van der Waals surface area contributed by atoms with Crippen LogP contribution in [0.25, 0.3) is 0 Å². The molecule has 1 saturated heterocycles.